The molecule has 1 aromatic carbocycles. The average molecular weight is 428 g/mol. The summed E-state index contributed by atoms with van der Waals surface area (Å²) in [5.41, 5.74) is 9.77. The van der Waals surface area contributed by atoms with E-state index in [0.717, 1.165) is 11.1 Å². The number of carbonyl (C=O) groups excluding carboxylic acids is 1. The maximum atomic E-state index is 12.6. The van der Waals surface area contributed by atoms with Crippen LogP contribution in [0.1, 0.15) is 10.4 Å². The smallest absolute Gasteiger partial charge is 0.251 e. The molecule has 0 bridgehead atoms. The molecule has 0 saturated carbocycles. The first-order valence-electron chi connectivity index (χ1n) is 9.89. The summed E-state index contributed by atoms with van der Waals surface area (Å²) in [4.78, 5) is 32.1. The summed E-state index contributed by atoms with van der Waals surface area (Å²) in [6.45, 7) is 7.75. The molecule has 0 unspecified atom stereocenters. The Morgan fingerprint density at radius 1 is 1.16 bits per heavy atom. The number of amides is 1. The van der Waals surface area contributed by atoms with Gasteiger partial charge >= 0.3 is 0 Å². The summed E-state index contributed by atoms with van der Waals surface area (Å²) in [5.74, 6) is 0.591. The van der Waals surface area contributed by atoms with Gasteiger partial charge in [-0.1, -0.05) is 43.5 Å². The van der Waals surface area contributed by atoms with Crippen molar-refractivity contribution in [2.24, 2.45) is 0 Å². The number of aromatic nitrogens is 4. The molecule has 0 aliphatic rings. The van der Waals surface area contributed by atoms with Gasteiger partial charge in [0.25, 0.3) is 5.91 Å². The minimum atomic E-state index is -0.210. The standard InChI is InChI=1S/C24H25N7O/c1-5-8-16(6-2)14-28-23(32)18-10-7-9-17(13-18)20-15-27-22(25)21(29-20)19-11-12-26-24(30-19)31(3)4/h5-13,15H,1-2,14H2,3-4H3,(H2,25,27)(H,28,32)/b16-8+. The Labute approximate surface area is 187 Å². The molecular formula is C24H25N7O. The number of carbonyl (C=O) groups is 1. The molecular weight excluding hydrogens is 402 g/mol. The van der Waals surface area contributed by atoms with Crippen LogP contribution in [-0.4, -0.2) is 46.5 Å². The van der Waals surface area contributed by atoms with Gasteiger partial charge in [0.05, 0.1) is 17.6 Å². The van der Waals surface area contributed by atoms with E-state index in [4.69, 9.17) is 5.73 Å². The van der Waals surface area contributed by atoms with Crippen molar-refractivity contribution in [1.29, 1.82) is 0 Å². The van der Waals surface area contributed by atoms with Gasteiger partial charge in [0.15, 0.2) is 5.82 Å². The zero-order chi connectivity index (χ0) is 23.1. The predicted octanol–water partition coefficient (Wildman–Crippen LogP) is 3.28. The van der Waals surface area contributed by atoms with Crippen LogP contribution in [0.5, 0.6) is 0 Å². The summed E-state index contributed by atoms with van der Waals surface area (Å²) < 4.78 is 0. The van der Waals surface area contributed by atoms with E-state index in [0.29, 0.717) is 35.1 Å². The van der Waals surface area contributed by atoms with Crippen LogP contribution in [0.4, 0.5) is 11.8 Å². The van der Waals surface area contributed by atoms with Gasteiger partial charge in [0, 0.05) is 38.0 Å². The third kappa shape index (κ3) is 5.23. The van der Waals surface area contributed by atoms with Crippen molar-refractivity contribution < 1.29 is 4.79 Å². The Kier molecular flexibility index (Phi) is 7.07. The van der Waals surface area contributed by atoms with Gasteiger partial charge in [0.1, 0.15) is 5.69 Å². The minimum absolute atomic E-state index is 0.210. The van der Waals surface area contributed by atoms with E-state index in [1.165, 1.54) is 0 Å². The fourth-order valence-electron chi connectivity index (χ4n) is 2.88. The molecule has 8 nitrogen and oxygen atoms in total. The lowest BCUT2D eigenvalue weighted by Gasteiger charge is -2.12. The average Bonchev–Trinajstić information content (AvgIpc) is 2.82. The second-order valence-electron chi connectivity index (χ2n) is 7.07. The zero-order valence-electron chi connectivity index (χ0n) is 18.1. The number of anilines is 2. The Morgan fingerprint density at radius 3 is 2.69 bits per heavy atom. The summed E-state index contributed by atoms with van der Waals surface area (Å²) >= 11 is 0. The number of rotatable bonds is 8. The van der Waals surface area contributed by atoms with Crippen molar-refractivity contribution >= 4 is 17.7 Å². The van der Waals surface area contributed by atoms with E-state index in [1.54, 1.807) is 59.8 Å². The second kappa shape index (κ2) is 10.1. The van der Waals surface area contributed by atoms with Crippen molar-refractivity contribution in [3.8, 4) is 22.6 Å². The minimum Gasteiger partial charge on any atom is -0.382 e. The summed E-state index contributed by atoms with van der Waals surface area (Å²) in [5, 5.41) is 2.87. The van der Waals surface area contributed by atoms with Crippen LogP contribution in [0.25, 0.3) is 22.6 Å². The van der Waals surface area contributed by atoms with Gasteiger partial charge in [-0.05, 0) is 23.8 Å². The van der Waals surface area contributed by atoms with Crippen molar-refractivity contribution in [1.82, 2.24) is 25.3 Å². The van der Waals surface area contributed by atoms with Gasteiger partial charge in [-0.3, -0.25) is 4.79 Å². The Morgan fingerprint density at radius 2 is 1.97 bits per heavy atom. The molecule has 1 amide bonds. The summed E-state index contributed by atoms with van der Waals surface area (Å²) in [6, 6.07) is 8.89. The monoisotopic (exact) mass is 427 g/mol. The summed E-state index contributed by atoms with van der Waals surface area (Å²) in [6.07, 6.45) is 8.35. The number of allylic oxidation sites excluding steroid dienone is 2. The maximum Gasteiger partial charge on any atom is 0.251 e. The van der Waals surface area contributed by atoms with Crippen LogP contribution in [0.15, 0.2) is 79.7 Å². The topological polar surface area (TPSA) is 110 Å². The third-order valence-electron chi connectivity index (χ3n) is 4.55. The lowest BCUT2D eigenvalue weighted by Crippen LogP contribution is -2.25. The predicted molar refractivity (Wildman–Crippen MR) is 128 cm³/mol. The van der Waals surface area contributed by atoms with Crippen LogP contribution < -0.4 is 16.0 Å². The lowest BCUT2D eigenvalue weighted by molar-refractivity contribution is 0.0957. The molecule has 0 spiro atoms. The normalized spacial score (nSPS) is 11.0. The zero-order valence-corrected chi connectivity index (χ0v) is 18.1. The fraction of sp³-hybridized carbons (Fsp3) is 0.125. The van der Waals surface area contributed by atoms with Crippen molar-refractivity contribution in [2.45, 2.75) is 0 Å². The van der Waals surface area contributed by atoms with E-state index < -0.39 is 0 Å². The van der Waals surface area contributed by atoms with Gasteiger partial charge in [-0.15, -0.1) is 0 Å². The molecule has 0 saturated heterocycles. The number of hydrogen-bond acceptors (Lipinski definition) is 7. The molecule has 8 heteroatoms. The van der Waals surface area contributed by atoms with E-state index in [9.17, 15) is 4.79 Å². The maximum absolute atomic E-state index is 12.6. The molecule has 3 rings (SSSR count). The number of nitrogens with one attached hydrogen (secondary N) is 1. The van der Waals surface area contributed by atoms with Gasteiger partial charge in [-0.2, -0.15) is 0 Å². The quantitative estimate of drug-likeness (QED) is 0.531. The molecule has 2 heterocycles. The van der Waals surface area contributed by atoms with E-state index >= 15 is 0 Å². The van der Waals surface area contributed by atoms with Gasteiger partial charge < -0.3 is 16.0 Å². The largest absolute Gasteiger partial charge is 0.382 e. The van der Waals surface area contributed by atoms with Crippen molar-refractivity contribution in [2.75, 3.05) is 31.3 Å². The van der Waals surface area contributed by atoms with Crippen LogP contribution in [-0.2, 0) is 0 Å². The number of benzene rings is 1. The molecule has 2 aromatic heterocycles. The Hall–Kier alpha value is -4.33. The lowest BCUT2D eigenvalue weighted by atomic mass is 10.1. The molecule has 0 radical (unpaired) electrons. The first-order chi connectivity index (χ1) is 15.4. The van der Waals surface area contributed by atoms with Crippen LogP contribution in [0.3, 0.4) is 0 Å². The third-order valence-corrected chi connectivity index (χ3v) is 4.55. The second-order valence-corrected chi connectivity index (χ2v) is 7.07. The Balaban J connectivity index is 1.89. The number of nitrogen functional groups attached to an aromatic ring is 1. The molecule has 3 N–H and O–H groups in total. The van der Waals surface area contributed by atoms with E-state index in [-0.39, 0.29) is 11.7 Å². The SMILES string of the molecule is C=C/C=C(\C=C)CNC(=O)c1cccc(-c2cnc(N)c(-c3ccnc(N(C)C)n3)n2)c1. The highest BCUT2D eigenvalue weighted by molar-refractivity contribution is 5.95. The van der Waals surface area contributed by atoms with Crippen molar-refractivity contribution in [3.05, 3.63) is 85.2 Å². The van der Waals surface area contributed by atoms with Crippen LogP contribution in [0.2, 0.25) is 0 Å². The van der Waals surface area contributed by atoms with E-state index in [1.807, 2.05) is 20.2 Å². The molecule has 0 atom stereocenters. The highest BCUT2D eigenvalue weighted by Gasteiger charge is 2.13. The molecule has 162 valence electrons. The number of hydrogen-bond donors (Lipinski definition) is 2. The first-order valence-corrected chi connectivity index (χ1v) is 9.89. The van der Waals surface area contributed by atoms with E-state index in [2.05, 4.69) is 38.4 Å². The number of nitrogens with zero attached hydrogens (tertiary/aromatic N) is 5. The fourth-order valence-corrected chi connectivity index (χ4v) is 2.88. The number of nitrogens with two attached hydrogens (primary N) is 1. The van der Waals surface area contributed by atoms with Gasteiger partial charge in [0.2, 0.25) is 5.95 Å². The van der Waals surface area contributed by atoms with Gasteiger partial charge in [-0.25, -0.2) is 19.9 Å². The molecule has 0 aliphatic carbocycles. The van der Waals surface area contributed by atoms with Crippen LogP contribution in [0, 0.1) is 0 Å². The molecule has 0 aliphatic heterocycles. The molecule has 0 fully saturated rings. The molecule has 3 aromatic rings. The van der Waals surface area contributed by atoms with Crippen LogP contribution >= 0.6 is 0 Å². The summed E-state index contributed by atoms with van der Waals surface area (Å²) in [7, 11) is 3.71. The highest BCUT2D eigenvalue weighted by atomic mass is 16.1. The van der Waals surface area contributed by atoms with Crippen molar-refractivity contribution in [3.63, 3.8) is 0 Å². The Bertz CT molecular complexity index is 1180. The molecule has 32 heavy (non-hydrogen) atoms. The first kappa shape index (κ1) is 22.4. The highest BCUT2D eigenvalue weighted by Crippen LogP contribution is 2.26.